The smallest absolute Gasteiger partial charge is 0.133 e. The summed E-state index contributed by atoms with van der Waals surface area (Å²) in [7, 11) is 0. The van der Waals surface area contributed by atoms with Crippen LogP contribution >= 0.6 is 15.9 Å². The summed E-state index contributed by atoms with van der Waals surface area (Å²) in [4.78, 5) is 0. The molecule has 2 rings (SSSR count). The molecule has 1 atom stereocenters. The number of rotatable bonds is 4. The van der Waals surface area contributed by atoms with Gasteiger partial charge in [0, 0.05) is 0 Å². The fraction of sp³-hybridized carbons (Fsp3) is 0.294. The van der Waals surface area contributed by atoms with Crippen LogP contribution in [0.15, 0.2) is 40.9 Å². The molecule has 0 aromatic heterocycles. The van der Waals surface area contributed by atoms with Gasteiger partial charge in [-0.05, 0) is 65.5 Å². The molecular weight excluding hydrogens is 316 g/mol. The molecule has 0 amide bonds. The largest absolute Gasteiger partial charge is 0.493 e. The van der Waals surface area contributed by atoms with Gasteiger partial charge in [0.15, 0.2) is 0 Å². The fourth-order valence-electron chi connectivity index (χ4n) is 2.27. The van der Waals surface area contributed by atoms with Gasteiger partial charge < -0.3 is 9.84 Å². The normalized spacial score (nSPS) is 12.2. The Bertz CT molecular complexity index is 608. The molecule has 0 saturated heterocycles. The summed E-state index contributed by atoms with van der Waals surface area (Å²) < 4.78 is 6.35. The molecule has 3 heteroatoms. The van der Waals surface area contributed by atoms with Gasteiger partial charge in [-0.15, -0.1) is 0 Å². The first kappa shape index (κ1) is 15.1. The molecular formula is C17H19BrO2. The Morgan fingerprint density at radius 2 is 1.90 bits per heavy atom. The molecule has 106 valence electrons. The van der Waals surface area contributed by atoms with Crippen LogP contribution in [0.2, 0.25) is 0 Å². The average Bonchev–Trinajstić information content (AvgIpc) is 2.40. The SMILES string of the molecule is CCOc1ccc(C(O)c2ccc(C)cc2C)cc1Br. The molecule has 0 aliphatic rings. The minimum absolute atomic E-state index is 0.623. The van der Waals surface area contributed by atoms with E-state index in [9.17, 15) is 5.11 Å². The lowest BCUT2D eigenvalue weighted by Crippen LogP contribution is -2.03. The van der Waals surface area contributed by atoms with E-state index in [0.29, 0.717) is 6.61 Å². The molecule has 2 nitrogen and oxygen atoms in total. The molecule has 0 saturated carbocycles. The molecule has 0 heterocycles. The van der Waals surface area contributed by atoms with E-state index in [4.69, 9.17) is 4.74 Å². The molecule has 0 aliphatic carbocycles. The number of benzene rings is 2. The predicted octanol–water partition coefficient (Wildman–Crippen LogP) is 4.55. The molecule has 1 N–H and O–H groups in total. The summed E-state index contributed by atoms with van der Waals surface area (Å²) in [6.45, 7) is 6.65. The number of ether oxygens (including phenoxy) is 1. The van der Waals surface area contributed by atoms with E-state index in [1.807, 2.05) is 44.2 Å². The van der Waals surface area contributed by atoms with Crippen LogP contribution in [0.1, 0.15) is 35.3 Å². The van der Waals surface area contributed by atoms with Gasteiger partial charge in [0.25, 0.3) is 0 Å². The monoisotopic (exact) mass is 334 g/mol. The molecule has 0 spiro atoms. The van der Waals surface area contributed by atoms with Gasteiger partial charge in [0.05, 0.1) is 11.1 Å². The quantitative estimate of drug-likeness (QED) is 0.888. The molecule has 2 aromatic rings. The second-order valence-electron chi connectivity index (χ2n) is 4.89. The van der Waals surface area contributed by atoms with E-state index in [0.717, 1.165) is 26.9 Å². The Hall–Kier alpha value is -1.32. The summed E-state index contributed by atoms with van der Waals surface area (Å²) in [6, 6.07) is 11.8. The Morgan fingerprint density at radius 1 is 1.15 bits per heavy atom. The highest BCUT2D eigenvalue weighted by molar-refractivity contribution is 9.10. The minimum atomic E-state index is -0.623. The van der Waals surface area contributed by atoms with E-state index in [2.05, 4.69) is 28.9 Å². The van der Waals surface area contributed by atoms with Crippen molar-refractivity contribution in [2.75, 3.05) is 6.61 Å². The van der Waals surface area contributed by atoms with E-state index >= 15 is 0 Å². The van der Waals surface area contributed by atoms with Crippen LogP contribution < -0.4 is 4.74 Å². The first-order valence-electron chi connectivity index (χ1n) is 6.70. The van der Waals surface area contributed by atoms with Crippen molar-refractivity contribution in [1.82, 2.24) is 0 Å². The molecule has 20 heavy (non-hydrogen) atoms. The van der Waals surface area contributed by atoms with Crippen LogP contribution in [-0.2, 0) is 0 Å². The highest BCUT2D eigenvalue weighted by atomic mass is 79.9. The highest BCUT2D eigenvalue weighted by Gasteiger charge is 2.14. The molecule has 2 aromatic carbocycles. The third-order valence-electron chi connectivity index (χ3n) is 3.29. The first-order chi connectivity index (χ1) is 9.52. The van der Waals surface area contributed by atoms with E-state index < -0.39 is 6.10 Å². The van der Waals surface area contributed by atoms with Gasteiger partial charge in [-0.25, -0.2) is 0 Å². The maximum absolute atomic E-state index is 10.5. The molecule has 0 bridgehead atoms. The Labute approximate surface area is 128 Å². The average molecular weight is 335 g/mol. The van der Waals surface area contributed by atoms with Gasteiger partial charge in [-0.1, -0.05) is 29.8 Å². The molecule has 0 fully saturated rings. The Morgan fingerprint density at radius 3 is 2.50 bits per heavy atom. The third kappa shape index (κ3) is 3.22. The van der Waals surface area contributed by atoms with Crippen molar-refractivity contribution in [3.63, 3.8) is 0 Å². The Balaban J connectivity index is 2.33. The fourth-order valence-corrected chi connectivity index (χ4v) is 2.78. The van der Waals surface area contributed by atoms with Crippen LogP contribution in [-0.4, -0.2) is 11.7 Å². The zero-order valence-electron chi connectivity index (χ0n) is 12.0. The molecule has 0 aliphatic heterocycles. The third-order valence-corrected chi connectivity index (χ3v) is 3.91. The lowest BCUT2D eigenvalue weighted by Gasteiger charge is -2.16. The number of aliphatic hydroxyl groups is 1. The number of halogens is 1. The van der Waals surface area contributed by atoms with Gasteiger partial charge in [0.2, 0.25) is 0 Å². The first-order valence-corrected chi connectivity index (χ1v) is 7.49. The van der Waals surface area contributed by atoms with Crippen LogP contribution in [0.5, 0.6) is 5.75 Å². The van der Waals surface area contributed by atoms with E-state index in [1.165, 1.54) is 5.56 Å². The van der Waals surface area contributed by atoms with Crippen molar-refractivity contribution in [2.24, 2.45) is 0 Å². The van der Waals surface area contributed by atoms with Crippen LogP contribution in [0, 0.1) is 13.8 Å². The van der Waals surface area contributed by atoms with Gasteiger partial charge >= 0.3 is 0 Å². The van der Waals surface area contributed by atoms with Crippen molar-refractivity contribution >= 4 is 15.9 Å². The van der Waals surface area contributed by atoms with Crippen molar-refractivity contribution in [2.45, 2.75) is 26.9 Å². The summed E-state index contributed by atoms with van der Waals surface area (Å²) in [5.74, 6) is 0.795. The highest BCUT2D eigenvalue weighted by Crippen LogP contribution is 2.32. The summed E-state index contributed by atoms with van der Waals surface area (Å²) in [6.07, 6.45) is -0.623. The zero-order chi connectivity index (χ0) is 14.7. The summed E-state index contributed by atoms with van der Waals surface area (Å²) >= 11 is 3.48. The van der Waals surface area contributed by atoms with Crippen LogP contribution in [0.3, 0.4) is 0 Å². The minimum Gasteiger partial charge on any atom is -0.493 e. The van der Waals surface area contributed by atoms with Crippen molar-refractivity contribution in [1.29, 1.82) is 0 Å². The standard InChI is InChI=1S/C17H19BrO2/c1-4-20-16-8-6-13(10-15(16)18)17(19)14-7-5-11(2)9-12(14)3/h5-10,17,19H,4H2,1-3H3. The van der Waals surface area contributed by atoms with Gasteiger partial charge in [-0.2, -0.15) is 0 Å². The second kappa shape index (κ2) is 6.42. The second-order valence-corrected chi connectivity index (χ2v) is 5.74. The summed E-state index contributed by atoms with van der Waals surface area (Å²) in [5.41, 5.74) is 4.09. The Kier molecular flexibility index (Phi) is 4.84. The molecule has 0 radical (unpaired) electrons. The van der Waals surface area contributed by atoms with Crippen LogP contribution in [0.4, 0.5) is 0 Å². The predicted molar refractivity (Wildman–Crippen MR) is 85.3 cm³/mol. The zero-order valence-corrected chi connectivity index (χ0v) is 13.6. The van der Waals surface area contributed by atoms with Gasteiger partial charge in [-0.3, -0.25) is 0 Å². The van der Waals surface area contributed by atoms with Crippen LogP contribution in [0.25, 0.3) is 0 Å². The maximum Gasteiger partial charge on any atom is 0.133 e. The van der Waals surface area contributed by atoms with Crippen molar-refractivity contribution in [3.8, 4) is 5.75 Å². The van der Waals surface area contributed by atoms with Gasteiger partial charge in [0.1, 0.15) is 11.9 Å². The van der Waals surface area contributed by atoms with Crippen molar-refractivity contribution < 1.29 is 9.84 Å². The number of hydrogen-bond acceptors (Lipinski definition) is 2. The van der Waals surface area contributed by atoms with E-state index in [-0.39, 0.29) is 0 Å². The number of hydrogen-bond donors (Lipinski definition) is 1. The summed E-state index contributed by atoms with van der Waals surface area (Å²) in [5, 5.41) is 10.5. The number of aliphatic hydroxyl groups excluding tert-OH is 1. The lowest BCUT2D eigenvalue weighted by molar-refractivity contribution is 0.219. The number of aryl methyl sites for hydroxylation is 2. The topological polar surface area (TPSA) is 29.5 Å². The van der Waals surface area contributed by atoms with Crippen molar-refractivity contribution in [3.05, 3.63) is 63.1 Å². The lowest BCUT2D eigenvalue weighted by atomic mass is 9.96. The van der Waals surface area contributed by atoms with E-state index in [1.54, 1.807) is 0 Å². The maximum atomic E-state index is 10.5. The molecule has 1 unspecified atom stereocenters.